The van der Waals surface area contributed by atoms with Gasteiger partial charge >= 0.3 is 0 Å². The molecule has 0 aromatic heterocycles. The van der Waals surface area contributed by atoms with Gasteiger partial charge in [-0.1, -0.05) is 23.3 Å². The van der Waals surface area contributed by atoms with Crippen LogP contribution in [0.15, 0.2) is 39.7 Å². The fraction of sp³-hybridized carbons (Fsp3) is 0.600. The second kappa shape index (κ2) is 7.21. The maximum absolute atomic E-state index is 10.8. The largest absolute Gasteiger partial charge is 0.145 e. The molecule has 17 heavy (non-hydrogen) atoms. The molecule has 1 rings (SSSR count). The van der Waals surface area contributed by atoms with Gasteiger partial charge in [0, 0.05) is 0 Å². The molecule has 0 fully saturated rings. The van der Waals surface area contributed by atoms with Crippen LogP contribution in [0.5, 0.6) is 0 Å². The molecule has 94 valence electrons. The van der Waals surface area contributed by atoms with Gasteiger partial charge in [0.25, 0.3) is 0 Å². The highest BCUT2D eigenvalue weighted by Crippen LogP contribution is 2.21. The third kappa shape index (κ3) is 5.12. The van der Waals surface area contributed by atoms with E-state index in [9.17, 15) is 4.91 Å². The smallest absolute Gasteiger partial charge is 0.0841 e. The topological polar surface area (TPSA) is 29.4 Å². The molecule has 0 heterocycles. The van der Waals surface area contributed by atoms with Gasteiger partial charge in [-0.3, -0.25) is 0 Å². The Balaban J connectivity index is 2.83. The lowest BCUT2D eigenvalue weighted by Crippen LogP contribution is -1.89. The predicted octanol–water partition coefficient (Wildman–Crippen LogP) is 5.27. The monoisotopic (exact) mass is 233 g/mol. The van der Waals surface area contributed by atoms with E-state index < -0.39 is 0 Å². The van der Waals surface area contributed by atoms with Crippen LogP contribution in [0.4, 0.5) is 0 Å². The van der Waals surface area contributed by atoms with Crippen molar-refractivity contribution < 1.29 is 0 Å². The Labute approximate surface area is 104 Å². The molecule has 0 N–H and O–H groups in total. The maximum atomic E-state index is 10.8. The molecule has 0 aromatic rings. The van der Waals surface area contributed by atoms with Gasteiger partial charge < -0.3 is 0 Å². The zero-order valence-electron chi connectivity index (χ0n) is 11.3. The van der Waals surface area contributed by atoms with Gasteiger partial charge in [-0.15, -0.1) is 4.91 Å². The molecule has 0 saturated heterocycles. The highest BCUT2D eigenvalue weighted by atomic mass is 16.3. The van der Waals surface area contributed by atoms with Crippen molar-refractivity contribution in [2.45, 2.75) is 59.3 Å². The molecule has 1 aliphatic rings. The molecule has 0 atom stereocenters. The van der Waals surface area contributed by atoms with Gasteiger partial charge in [0.2, 0.25) is 0 Å². The van der Waals surface area contributed by atoms with Crippen molar-refractivity contribution in [1.82, 2.24) is 0 Å². The highest BCUT2D eigenvalue weighted by Gasteiger charge is 2.04. The van der Waals surface area contributed by atoms with E-state index in [2.05, 4.69) is 31.2 Å². The van der Waals surface area contributed by atoms with E-state index in [1.807, 2.05) is 6.92 Å². The minimum absolute atomic E-state index is 0.751. The third-order valence-corrected chi connectivity index (χ3v) is 3.40. The average Bonchev–Trinajstić information content (AvgIpc) is 2.30. The SMILES string of the molecule is CC1=CCCC(N=O)=C(C)CC/C=C(/C)CC1. The Kier molecular flexibility index (Phi) is 5.88. The fourth-order valence-electron chi connectivity index (χ4n) is 2.07. The zero-order valence-corrected chi connectivity index (χ0v) is 11.3. The molecule has 0 saturated carbocycles. The second-order valence-electron chi connectivity index (χ2n) is 5.00. The lowest BCUT2D eigenvalue weighted by Gasteiger charge is -2.07. The molecule has 2 heteroatoms. The Morgan fingerprint density at radius 2 is 1.41 bits per heavy atom. The first-order valence-corrected chi connectivity index (χ1v) is 6.46. The first-order valence-electron chi connectivity index (χ1n) is 6.46. The first-order chi connectivity index (χ1) is 8.13. The summed E-state index contributed by atoms with van der Waals surface area (Å²) < 4.78 is 0. The summed E-state index contributed by atoms with van der Waals surface area (Å²) in [6, 6.07) is 0. The number of hydrogen-bond acceptors (Lipinski definition) is 2. The van der Waals surface area contributed by atoms with Crippen LogP contribution in [0.1, 0.15) is 59.3 Å². The number of allylic oxidation sites excluding steroid dienone is 6. The van der Waals surface area contributed by atoms with Crippen molar-refractivity contribution in [2.75, 3.05) is 0 Å². The predicted molar refractivity (Wildman–Crippen MR) is 73.7 cm³/mol. The summed E-state index contributed by atoms with van der Waals surface area (Å²) in [5, 5.41) is 3.18. The Morgan fingerprint density at radius 3 is 1.94 bits per heavy atom. The molecule has 0 unspecified atom stereocenters. The van der Waals surface area contributed by atoms with Gasteiger partial charge in [0.15, 0.2) is 0 Å². The lowest BCUT2D eigenvalue weighted by atomic mass is 10.00. The van der Waals surface area contributed by atoms with Crippen molar-refractivity contribution in [3.63, 3.8) is 0 Å². The quantitative estimate of drug-likeness (QED) is 0.448. The molecular weight excluding hydrogens is 210 g/mol. The first kappa shape index (κ1) is 13.9. The van der Waals surface area contributed by atoms with Gasteiger partial charge in [0.1, 0.15) is 0 Å². The van der Waals surface area contributed by atoms with Crippen molar-refractivity contribution >= 4 is 0 Å². The van der Waals surface area contributed by atoms with E-state index in [1.54, 1.807) is 0 Å². The Morgan fingerprint density at radius 1 is 0.882 bits per heavy atom. The molecule has 0 aliphatic heterocycles. The minimum Gasteiger partial charge on any atom is -0.145 e. The molecule has 0 amide bonds. The van der Waals surface area contributed by atoms with Crippen molar-refractivity contribution in [2.24, 2.45) is 5.18 Å². The number of hydrogen-bond donors (Lipinski definition) is 0. The minimum atomic E-state index is 0.751. The highest BCUT2D eigenvalue weighted by molar-refractivity contribution is 5.15. The Hall–Kier alpha value is -1.18. The molecule has 2 nitrogen and oxygen atoms in total. The zero-order chi connectivity index (χ0) is 12.7. The normalized spacial score (nSPS) is 23.0. The van der Waals surface area contributed by atoms with Crippen LogP contribution in [0, 0.1) is 4.91 Å². The molecule has 0 bridgehead atoms. The summed E-state index contributed by atoms with van der Waals surface area (Å²) in [6.07, 6.45) is 10.5. The molecule has 0 radical (unpaired) electrons. The summed E-state index contributed by atoms with van der Waals surface area (Å²) >= 11 is 0. The number of nitrogens with zero attached hydrogens (tertiary/aromatic N) is 1. The van der Waals surface area contributed by atoms with Crippen molar-refractivity contribution in [3.8, 4) is 0 Å². The molecule has 0 aromatic carbocycles. The van der Waals surface area contributed by atoms with Crippen LogP contribution in [0.25, 0.3) is 0 Å². The number of nitroso groups, excluding NO2 is 1. The van der Waals surface area contributed by atoms with E-state index in [0.717, 1.165) is 49.8 Å². The summed E-state index contributed by atoms with van der Waals surface area (Å²) in [7, 11) is 0. The van der Waals surface area contributed by atoms with E-state index in [-0.39, 0.29) is 0 Å². The summed E-state index contributed by atoms with van der Waals surface area (Å²) in [5.41, 5.74) is 4.77. The van der Waals surface area contributed by atoms with Gasteiger partial charge in [-0.05, 0) is 70.0 Å². The van der Waals surface area contributed by atoms with E-state index in [0.29, 0.717) is 0 Å². The van der Waals surface area contributed by atoms with Crippen LogP contribution in [-0.2, 0) is 0 Å². The Bertz CT molecular complexity index is 361. The number of rotatable bonds is 1. The van der Waals surface area contributed by atoms with E-state index >= 15 is 0 Å². The van der Waals surface area contributed by atoms with Gasteiger partial charge in [-0.2, -0.15) is 0 Å². The van der Waals surface area contributed by atoms with Crippen LogP contribution in [0.2, 0.25) is 0 Å². The lowest BCUT2D eigenvalue weighted by molar-refractivity contribution is 0.839. The fourth-order valence-corrected chi connectivity index (χ4v) is 2.07. The maximum Gasteiger partial charge on any atom is 0.0841 e. The molecule has 1 aliphatic carbocycles. The summed E-state index contributed by atoms with van der Waals surface area (Å²) in [5.74, 6) is 0. The third-order valence-electron chi connectivity index (χ3n) is 3.40. The van der Waals surface area contributed by atoms with Crippen LogP contribution >= 0.6 is 0 Å². The summed E-state index contributed by atoms with van der Waals surface area (Å²) in [6.45, 7) is 6.39. The van der Waals surface area contributed by atoms with Crippen molar-refractivity contribution in [3.05, 3.63) is 39.5 Å². The van der Waals surface area contributed by atoms with E-state index in [4.69, 9.17) is 0 Å². The second-order valence-corrected chi connectivity index (χ2v) is 5.00. The molecular formula is C15H23NO. The van der Waals surface area contributed by atoms with Crippen LogP contribution < -0.4 is 0 Å². The summed E-state index contributed by atoms with van der Waals surface area (Å²) in [4.78, 5) is 10.8. The van der Waals surface area contributed by atoms with E-state index in [1.165, 1.54) is 11.1 Å². The van der Waals surface area contributed by atoms with Crippen molar-refractivity contribution in [1.29, 1.82) is 0 Å². The van der Waals surface area contributed by atoms with Crippen LogP contribution in [0.3, 0.4) is 0 Å². The standard InChI is InChI=1S/C15H23NO/c1-12-6-4-8-14(3)15(16-17)9-5-7-13(2)11-10-12/h6-7H,4-5,8-11H2,1-3H3/b12-6-,13-7?,15-14?. The van der Waals surface area contributed by atoms with Gasteiger partial charge in [0.05, 0.1) is 5.70 Å². The van der Waals surface area contributed by atoms with Crippen LogP contribution in [-0.4, -0.2) is 0 Å². The average molecular weight is 233 g/mol. The molecule has 0 spiro atoms. The van der Waals surface area contributed by atoms with Gasteiger partial charge in [-0.25, -0.2) is 0 Å².